The second-order valence-corrected chi connectivity index (χ2v) is 4.23. The number of methoxy groups -OCH3 is 1. The fourth-order valence-electron chi connectivity index (χ4n) is 1.74. The summed E-state index contributed by atoms with van der Waals surface area (Å²) in [6.07, 6.45) is 1.38. The number of benzene rings is 1. The SMILES string of the molecule is COCCNCc1coc(-c2cc(F)ccc2[N+](=O)[O-])n1. The second-order valence-electron chi connectivity index (χ2n) is 4.23. The molecule has 1 aromatic carbocycles. The average Bonchev–Trinajstić information content (AvgIpc) is 2.92. The summed E-state index contributed by atoms with van der Waals surface area (Å²) in [6.45, 7) is 1.62. The van der Waals surface area contributed by atoms with E-state index in [1.807, 2.05) is 0 Å². The molecule has 0 unspecified atom stereocenters. The van der Waals surface area contributed by atoms with E-state index in [4.69, 9.17) is 9.15 Å². The van der Waals surface area contributed by atoms with Crippen molar-refractivity contribution in [1.82, 2.24) is 10.3 Å². The van der Waals surface area contributed by atoms with Gasteiger partial charge in [0.1, 0.15) is 17.6 Å². The molecule has 0 saturated carbocycles. The molecule has 21 heavy (non-hydrogen) atoms. The second kappa shape index (κ2) is 6.91. The molecule has 2 rings (SSSR count). The van der Waals surface area contributed by atoms with Gasteiger partial charge in [0.15, 0.2) is 0 Å². The van der Waals surface area contributed by atoms with Crippen molar-refractivity contribution in [3.05, 3.63) is 46.1 Å². The highest BCUT2D eigenvalue weighted by atomic mass is 19.1. The van der Waals surface area contributed by atoms with Gasteiger partial charge in [0, 0.05) is 26.3 Å². The van der Waals surface area contributed by atoms with Gasteiger partial charge >= 0.3 is 0 Å². The van der Waals surface area contributed by atoms with Crippen LogP contribution in [0.25, 0.3) is 11.5 Å². The summed E-state index contributed by atoms with van der Waals surface area (Å²) in [5.74, 6) is -0.571. The molecule has 112 valence electrons. The lowest BCUT2D eigenvalue weighted by atomic mass is 10.2. The number of oxazole rings is 1. The number of nitro benzene ring substituents is 1. The first-order valence-electron chi connectivity index (χ1n) is 6.20. The first kappa shape index (κ1) is 15.1. The molecular formula is C13H14FN3O4. The van der Waals surface area contributed by atoms with Crippen LogP contribution >= 0.6 is 0 Å². The third-order valence-corrected chi connectivity index (χ3v) is 2.73. The highest BCUT2D eigenvalue weighted by Gasteiger charge is 2.20. The fraction of sp³-hybridized carbons (Fsp3) is 0.308. The number of nitro groups is 1. The summed E-state index contributed by atoms with van der Waals surface area (Å²) < 4.78 is 23.4. The number of hydrogen-bond acceptors (Lipinski definition) is 6. The molecule has 0 spiro atoms. The van der Waals surface area contributed by atoms with E-state index in [-0.39, 0.29) is 17.1 Å². The third-order valence-electron chi connectivity index (χ3n) is 2.73. The number of aromatic nitrogens is 1. The van der Waals surface area contributed by atoms with Gasteiger partial charge in [-0.2, -0.15) is 0 Å². The average molecular weight is 295 g/mol. The molecule has 7 nitrogen and oxygen atoms in total. The molecule has 1 N–H and O–H groups in total. The van der Waals surface area contributed by atoms with Crippen molar-refractivity contribution in [3.8, 4) is 11.5 Å². The van der Waals surface area contributed by atoms with E-state index in [1.54, 1.807) is 7.11 Å². The van der Waals surface area contributed by atoms with E-state index in [9.17, 15) is 14.5 Å². The third kappa shape index (κ3) is 3.83. The minimum atomic E-state index is -0.602. The van der Waals surface area contributed by atoms with E-state index < -0.39 is 10.7 Å². The predicted octanol–water partition coefficient (Wildman–Crippen LogP) is 2.12. The maximum Gasteiger partial charge on any atom is 0.282 e. The van der Waals surface area contributed by atoms with Gasteiger partial charge in [0.2, 0.25) is 5.89 Å². The molecule has 0 saturated heterocycles. The van der Waals surface area contributed by atoms with E-state index in [1.165, 1.54) is 6.26 Å². The van der Waals surface area contributed by atoms with Crippen molar-refractivity contribution in [1.29, 1.82) is 0 Å². The maximum absolute atomic E-state index is 13.3. The molecule has 0 bridgehead atoms. The van der Waals surface area contributed by atoms with E-state index in [0.717, 1.165) is 18.2 Å². The smallest absolute Gasteiger partial charge is 0.282 e. The summed E-state index contributed by atoms with van der Waals surface area (Å²) in [7, 11) is 1.60. The Labute approximate surface area is 119 Å². The summed E-state index contributed by atoms with van der Waals surface area (Å²) in [6, 6.07) is 3.15. The first-order valence-corrected chi connectivity index (χ1v) is 6.20. The van der Waals surface area contributed by atoms with Gasteiger partial charge in [-0.3, -0.25) is 10.1 Å². The minimum absolute atomic E-state index is 0.0168. The molecule has 0 aliphatic rings. The van der Waals surface area contributed by atoms with Gasteiger partial charge in [0.05, 0.1) is 17.2 Å². The van der Waals surface area contributed by atoms with E-state index in [0.29, 0.717) is 25.4 Å². The van der Waals surface area contributed by atoms with Gasteiger partial charge in [-0.1, -0.05) is 0 Å². The van der Waals surface area contributed by atoms with Crippen LogP contribution in [0.4, 0.5) is 10.1 Å². The van der Waals surface area contributed by atoms with Crippen LogP contribution in [0.15, 0.2) is 28.9 Å². The standard InChI is InChI=1S/C13H14FN3O4/c1-20-5-4-15-7-10-8-21-13(16-10)11-6-9(14)2-3-12(11)17(18)19/h2-3,6,8,15H,4-5,7H2,1H3. The van der Waals surface area contributed by atoms with Gasteiger partial charge < -0.3 is 14.5 Å². The fourth-order valence-corrected chi connectivity index (χ4v) is 1.74. The van der Waals surface area contributed by atoms with Crippen LogP contribution < -0.4 is 5.32 Å². The molecule has 0 amide bonds. The first-order chi connectivity index (χ1) is 10.1. The van der Waals surface area contributed by atoms with Crippen LogP contribution in [-0.4, -0.2) is 30.2 Å². The summed E-state index contributed by atoms with van der Waals surface area (Å²) in [5, 5.41) is 14.0. The zero-order valence-electron chi connectivity index (χ0n) is 11.3. The topological polar surface area (TPSA) is 90.4 Å². The quantitative estimate of drug-likeness (QED) is 0.478. The zero-order valence-corrected chi connectivity index (χ0v) is 11.3. The lowest BCUT2D eigenvalue weighted by Gasteiger charge is -2.00. The van der Waals surface area contributed by atoms with E-state index >= 15 is 0 Å². The Balaban J connectivity index is 2.17. The van der Waals surface area contributed by atoms with Crippen LogP contribution in [0.1, 0.15) is 5.69 Å². The monoisotopic (exact) mass is 295 g/mol. The van der Waals surface area contributed by atoms with Crippen molar-refractivity contribution in [3.63, 3.8) is 0 Å². The highest BCUT2D eigenvalue weighted by Crippen LogP contribution is 2.29. The Kier molecular flexibility index (Phi) is 4.96. The molecule has 0 fully saturated rings. The molecular weight excluding hydrogens is 281 g/mol. The Hall–Kier alpha value is -2.32. The van der Waals surface area contributed by atoms with Gasteiger partial charge in [0.25, 0.3) is 5.69 Å². The van der Waals surface area contributed by atoms with E-state index in [2.05, 4.69) is 10.3 Å². The number of ether oxygens (including phenoxy) is 1. The van der Waals surface area contributed by atoms with Gasteiger partial charge in [-0.25, -0.2) is 9.37 Å². The molecule has 0 aliphatic carbocycles. The van der Waals surface area contributed by atoms with Crippen LogP contribution in [0, 0.1) is 15.9 Å². The lowest BCUT2D eigenvalue weighted by Crippen LogP contribution is -2.18. The Morgan fingerprint density at radius 1 is 1.52 bits per heavy atom. The van der Waals surface area contributed by atoms with Crippen molar-refractivity contribution in [2.75, 3.05) is 20.3 Å². The van der Waals surface area contributed by atoms with Gasteiger partial charge in [-0.15, -0.1) is 0 Å². The Bertz CT molecular complexity index is 630. The number of halogens is 1. The molecule has 0 aliphatic heterocycles. The molecule has 8 heteroatoms. The van der Waals surface area contributed by atoms with Crippen molar-refractivity contribution < 1.29 is 18.5 Å². The largest absolute Gasteiger partial charge is 0.444 e. The number of nitrogens with one attached hydrogen (secondary N) is 1. The highest BCUT2D eigenvalue weighted by molar-refractivity contribution is 5.66. The number of rotatable bonds is 7. The Morgan fingerprint density at radius 2 is 2.33 bits per heavy atom. The lowest BCUT2D eigenvalue weighted by molar-refractivity contribution is -0.384. The maximum atomic E-state index is 13.3. The molecule has 1 heterocycles. The minimum Gasteiger partial charge on any atom is -0.444 e. The van der Waals surface area contributed by atoms with Crippen molar-refractivity contribution in [2.24, 2.45) is 0 Å². The molecule has 0 atom stereocenters. The van der Waals surface area contributed by atoms with Crippen LogP contribution in [0.3, 0.4) is 0 Å². The Morgan fingerprint density at radius 3 is 3.05 bits per heavy atom. The molecule has 2 aromatic rings. The van der Waals surface area contributed by atoms with Crippen LogP contribution in [-0.2, 0) is 11.3 Å². The summed E-state index contributed by atoms with van der Waals surface area (Å²) in [5.41, 5.74) is 0.333. The normalized spacial score (nSPS) is 10.8. The molecule has 0 radical (unpaired) electrons. The summed E-state index contributed by atoms with van der Waals surface area (Å²) in [4.78, 5) is 14.5. The van der Waals surface area contributed by atoms with Crippen molar-refractivity contribution in [2.45, 2.75) is 6.54 Å². The van der Waals surface area contributed by atoms with Crippen LogP contribution in [0.2, 0.25) is 0 Å². The number of nitrogens with zero attached hydrogens (tertiary/aromatic N) is 2. The summed E-state index contributed by atoms with van der Waals surface area (Å²) >= 11 is 0. The molecule has 1 aromatic heterocycles. The zero-order chi connectivity index (χ0) is 15.2. The van der Waals surface area contributed by atoms with Crippen LogP contribution in [0.5, 0.6) is 0 Å². The predicted molar refractivity (Wildman–Crippen MR) is 72.1 cm³/mol. The number of hydrogen-bond donors (Lipinski definition) is 1. The van der Waals surface area contributed by atoms with Gasteiger partial charge in [-0.05, 0) is 12.1 Å². The van der Waals surface area contributed by atoms with Crippen molar-refractivity contribution >= 4 is 5.69 Å².